The van der Waals surface area contributed by atoms with E-state index in [1.54, 1.807) is 28.8 Å². The average Bonchev–Trinajstić information content (AvgIpc) is 3.32. The Hall–Kier alpha value is -4.80. The number of carbonyl (C=O) groups excluding carboxylic acids is 1. The van der Waals surface area contributed by atoms with Crippen LogP contribution in [0.15, 0.2) is 55.0 Å². The van der Waals surface area contributed by atoms with Crippen molar-refractivity contribution >= 4 is 22.9 Å². The molecule has 1 amide bonds. The van der Waals surface area contributed by atoms with Crippen LogP contribution >= 0.6 is 0 Å². The van der Waals surface area contributed by atoms with Crippen LogP contribution in [0.5, 0.6) is 0 Å². The SMILES string of the molecule is N#Cc1ccc(NC(=O)c2cnc(-c3ccc4cc(C#N)cnn34)cc2NC2CCCC(O)C2)nc1. The van der Waals surface area contributed by atoms with Crippen LogP contribution in [0.25, 0.3) is 16.9 Å². The molecular formula is C26H22N8O2. The third-order valence-electron chi connectivity index (χ3n) is 6.18. The summed E-state index contributed by atoms with van der Waals surface area (Å²) in [7, 11) is 0. The molecule has 178 valence electrons. The highest BCUT2D eigenvalue weighted by molar-refractivity contribution is 6.07. The lowest BCUT2D eigenvalue weighted by molar-refractivity contribution is 0.102. The van der Waals surface area contributed by atoms with Crippen molar-refractivity contribution in [3.05, 3.63) is 71.7 Å². The number of carbonyl (C=O) groups is 1. The van der Waals surface area contributed by atoms with Crippen molar-refractivity contribution in [2.45, 2.75) is 37.8 Å². The third kappa shape index (κ3) is 4.71. The summed E-state index contributed by atoms with van der Waals surface area (Å²) in [6.07, 6.45) is 7.12. The van der Waals surface area contributed by atoms with Gasteiger partial charge in [0.2, 0.25) is 0 Å². The number of aliphatic hydroxyl groups is 1. The van der Waals surface area contributed by atoms with Gasteiger partial charge in [-0.05, 0) is 62.1 Å². The maximum absolute atomic E-state index is 13.2. The molecule has 1 aliphatic carbocycles. The zero-order chi connectivity index (χ0) is 25.1. The molecule has 4 aromatic heterocycles. The summed E-state index contributed by atoms with van der Waals surface area (Å²) < 4.78 is 1.69. The topological polar surface area (TPSA) is 152 Å². The maximum Gasteiger partial charge on any atom is 0.260 e. The molecule has 4 aromatic rings. The Morgan fingerprint density at radius 1 is 1.03 bits per heavy atom. The van der Waals surface area contributed by atoms with E-state index in [2.05, 4.69) is 31.8 Å². The molecule has 0 saturated heterocycles. The van der Waals surface area contributed by atoms with Gasteiger partial charge in [0.15, 0.2) is 0 Å². The molecule has 0 spiro atoms. The highest BCUT2D eigenvalue weighted by atomic mass is 16.3. The summed E-state index contributed by atoms with van der Waals surface area (Å²) in [6, 6.07) is 14.5. The standard InChI is InChI=1S/C26H22N8O2/c27-11-16-4-7-25(30-13-16)33-26(36)21-15-29-23(10-22(21)32-18-2-1-3-20(35)9-18)24-6-5-19-8-17(12-28)14-31-34(19)24/h4-8,10,13-15,18,20,35H,1-3,9H2,(H,29,32)(H,30,33,36). The first-order chi connectivity index (χ1) is 17.5. The summed E-state index contributed by atoms with van der Waals surface area (Å²) in [6.45, 7) is 0. The molecule has 0 aliphatic heterocycles. The summed E-state index contributed by atoms with van der Waals surface area (Å²) in [5.74, 6) is -0.0842. The van der Waals surface area contributed by atoms with Gasteiger partial charge in [-0.25, -0.2) is 9.50 Å². The van der Waals surface area contributed by atoms with Gasteiger partial charge in [0.25, 0.3) is 5.91 Å². The summed E-state index contributed by atoms with van der Waals surface area (Å²) in [5, 5.41) is 38.8. The molecule has 1 fully saturated rings. The fourth-order valence-corrected chi connectivity index (χ4v) is 4.38. The van der Waals surface area contributed by atoms with E-state index in [1.807, 2.05) is 18.2 Å². The number of nitrogens with one attached hydrogen (secondary N) is 2. The lowest BCUT2D eigenvalue weighted by atomic mass is 9.92. The largest absolute Gasteiger partial charge is 0.393 e. The quantitative estimate of drug-likeness (QED) is 0.394. The number of aromatic nitrogens is 4. The molecule has 3 N–H and O–H groups in total. The van der Waals surface area contributed by atoms with Crippen molar-refractivity contribution in [1.82, 2.24) is 19.6 Å². The second-order valence-corrected chi connectivity index (χ2v) is 8.69. The minimum Gasteiger partial charge on any atom is -0.393 e. The van der Waals surface area contributed by atoms with E-state index in [4.69, 9.17) is 10.5 Å². The fourth-order valence-electron chi connectivity index (χ4n) is 4.38. The van der Waals surface area contributed by atoms with Crippen LogP contribution in [0.1, 0.15) is 47.2 Å². The van der Waals surface area contributed by atoms with Crippen LogP contribution in [0.4, 0.5) is 11.5 Å². The molecule has 0 bridgehead atoms. The second-order valence-electron chi connectivity index (χ2n) is 8.69. The van der Waals surface area contributed by atoms with E-state index in [0.717, 1.165) is 24.8 Å². The van der Waals surface area contributed by atoms with Crippen molar-refractivity contribution < 1.29 is 9.90 Å². The number of hydrogen-bond acceptors (Lipinski definition) is 8. The molecule has 0 radical (unpaired) electrons. The number of pyridine rings is 2. The van der Waals surface area contributed by atoms with Gasteiger partial charge in [0.1, 0.15) is 18.0 Å². The van der Waals surface area contributed by atoms with Crippen molar-refractivity contribution in [2.24, 2.45) is 0 Å². The lowest BCUT2D eigenvalue weighted by Crippen LogP contribution is -2.31. The van der Waals surface area contributed by atoms with E-state index in [9.17, 15) is 9.90 Å². The van der Waals surface area contributed by atoms with Crippen LogP contribution in [0.3, 0.4) is 0 Å². The van der Waals surface area contributed by atoms with Gasteiger partial charge in [-0.2, -0.15) is 15.6 Å². The maximum atomic E-state index is 13.2. The monoisotopic (exact) mass is 478 g/mol. The van der Waals surface area contributed by atoms with Gasteiger partial charge in [-0.15, -0.1) is 0 Å². The molecule has 1 aliphatic rings. The molecule has 2 unspecified atom stereocenters. The zero-order valence-electron chi connectivity index (χ0n) is 19.2. The van der Waals surface area contributed by atoms with Crippen LogP contribution < -0.4 is 10.6 Å². The van der Waals surface area contributed by atoms with Crippen LogP contribution in [0, 0.1) is 22.7 Å². The van der Waals surface area contributed by atoms with E-state index < -0.39 is 5.91 Å². The minimum absolute atomic E-state index is 0.00367. The number of nitriles is 2. The number of hydrogen-bond donors (Lipinski definition) is 3. The number of amides is 1. The first-order valence-electron chi connectivity index (χ1n) is 11.5. The Kier molecular flexibility index (Phi) is 6.27. The predicted octanol–water partition coefficient (Wildman–Crippen LogP) is 3.50. The summed E-state index contributed by atoms with van der Waals surface area (Å²) >= 11 is 0. The average molecular weight is 479 g/mol. The van der Waals surface area contributed by atoms with Crippen molar-refractivity contribution in [2.75, 3.05) is 10.6 Å². The van der Waals surface area contributed by atoms with E-state index in [-0.39, 0.29) is 12.1 Å². The second kappa shape index (κ2) is 9.82. The lowest BCUT2D eigenvalue weighted by Gasteiger charge is -2.28. The van der Waals surface area contributed by atoms with Crippen LogP contribution in [-0.2, 0) is 0 Å². The Bertz CT molecular complexity index is 1510. The molecule has 10 nitrogen and oxygen atoms in total. The summed E-state index contributed by atoms with van der Waals surface area (Å²) in [5.41, 5.74) is 3.82. The smallest absolute Gasteiger partial charge is 0.260 e. The van der Waals surface area contributed by atoms with Crippen molar-refractivity contribution in [3.63, 3.8) is 0 Å². The number of anilines is 2. The minimum atomic E-state index is -0.401. The van der Waals surface area contributed by atoms with Crippen molar-refractivity contribution in [1.29, 1.82) is 10.5 Å². The number of rotatable bonds is 5. The molecule has 4 heterocycles. The van der Waals surface area contributed by atoms with Gasteiger partial charge in [0.05, 0.1) is 51.6 Å². The highest BCUT2D eigenvalue weighted by Crippen LogP contribution is 2.29. The number of nitrogens with zero attached hydrogens (tertiary/aromatic N) is 6. The highest BCUT2D eigenvalue weighted by Gasteiger charge is 2.23. The van der Waals surface area contributed by atoms with E-state index >= 15 is 0 Å². The van der Waals surface area contributed by atoms with E-state index in [1.165, 1.54) is 18.6 Å². The van der Waals surface area contributed by atoms with Gasteiger partial charge in [0, 0.05) is 18.4 Å². The van der Waals surface area contributed by atoms with E-state index in [0.29, 0.717) is 46.0 Å². The fraction of sp³-hybridized carbons (Fsp3) is 0.231. The number of aliphatic hydroxyl groups excluding tert-OH is 1. The van der Waals surface area contributed by atoms with Gasteiger partial charge in [-0.1, -0.05) is 0 Å². The molecule has 0 aromatic carbocycles. The summed E-state index contributed by atoms with van der Waals surface area (Å²) in [4.78, 5) is 21.8. The van der Waals surface area contributed by atoms with Gasteiger partial charge >= 0.3 is 0 Å². The molecule has 36 heavy (non-hydrogen) atoms. The Morgan fingerprint density at radius 3 is 2.64 bits per heavy atom. The molecule has 10 heteroatoms. The Labute approximate surface area is 206 Å². The molecule has 2 atom stereocenters. The van der Waals surface area contributed by atoms with Crippen LogP contribution in [0.2, 0.25) is 0 Å². The van der Waals surface area contributed by atoms with Gasteiger partial charge in [-0.3, -0.25) is 9.78 Å². The molecular weight excluding hydrogens is 456 g/mol. The van der Waals surface area contributed by atoms with Crippen LogP contribution in [-0.4, -0.2) is 42.7 Å². The molecule has 5 rings (SSSR count). The predicted molar refractivity (Wildman–Crippen MR) is 132 cm³/mol. The Morgan fingerprint density at radius 2 is 1.89 bits per heavy atom. The third-order valence-corrected chi connectivity index (χ3v) is 6.18. The normalized spacial score (nSPS) is 17.2. The first kappa shape index (κ1) is 23.0. The first-order valence-corrected chi connectivity index (χ1v) is 11.5. The number of fused-ring (bicyclic) bond motifs is 1. The van der Waals surface area contributed by atoms with Gasteiger partial charge < -0.3 is 15.7 Å². The molecule has 1 saturated carbocycles. The van der Waals surface area contributed by atoms with Crippen molar-refractivity contribution in [3.8, 4) is 23.5 Å². The Balaban J connectivity index is 1.50. The zero-order valence-corrected chi connectivity index (χ0v) is 19.2.